The minimum atomic E-state index is -0.0800. The third kappa shape index (κ3) is 6.03. The molecule has 0 aromatic carbocycles. The summed E-state index contributed by atoms with van der Waals surface area (Å²) in [5, 5.41) is 9.64. The largest absolute Gasteiger partial charge is 0.354 e. The summed E-state index contributed by atoms with van der Waals surface area (Å²) in [6.07, 6.45) is 2.43. The Morgan fingerprint density at radius 3 is 2.53 bits per heavy atom. The van der Waals surface area contributed by atoms with Crippen molar-refractivity contribution in [1.82, 2.24) is 16.0 Å². The molecule has 0 aromatic heterocycles. The molecule has 0 spiro atoms. The van der Waals surface area contributed by atoms with E-state index >= 15 is 0 Å². The molecular formula is C13H27N3O. The van der Waals surface area contributed by atoms with Crippen molar-refractivity contribution >= 4 is 5.91 Å². The quantitative estimate of drug-likeness (QED) is 0.643. The summed E-state index contributed by atoms with van der Waals surface area (Å²) in [5.74, 6) is 1.35. The molecule has 1 unspecified atom stereocenters. The number of rotatable bonds is 6. The van der Waals surface area contributed by atoms with Crippen molar-refractivity contribution in [3.05, 3.63) is 0 Å². The second-order valence-electron chi connectivity index (χ2n) is 5.46. The lowest BCUT2D eigenvalue weighted by Gasteiger charge is -2.24. The number of carbonyl (C=O) groups excluding carboxylic acids is 1. The molecule has 0 radical (unpaired) electrons. The van der Waals surface area contributed by atoms with Crippen LogP contribution < -0.4 is 16.0 Å². The van der Waals surface area contributed by atoms with Gasteiger partial charge in [-0.25, -0.2) is 0 Å². The van der Waals surface area contributed by atoms with Crippen LogP contribution in [-0.2, 0) is 4.79 Å². The van der Waals surface area contributed by atoms with Gasteiger partial charge in [-0.05, 0) is 51.2 Å². The lowest BCUT2D eigenvalue weighted by atomic mass is 9.98. The second-order valence-corrected chi connectivity index (χ2v) is 5.46. The van der Waals surface area contributed by atoms with Crippen molar-refractivity contribution < 1.29 is 4.79 Å². The highest BCUT2D eigenvalue weighted by Gasteiger charge is 2.16. The van der Waals surface area contributed by atoms with Gasteiger partial charge in [-0.1, -0.05) is 13.8 Å². The summed E-state index contributed by atoms with van der Waals surface area (Å²) in [6.45, 7) is 10.1. The predicted octanol–water partition coefficient (Wildman–Crippen LogP) is 0.736. The molecular weight excluding hydrogens is 214 g/mol. The molecule has 1 aliphatic rings. The molecule has 1 rings (SSSR count). The van der Waals surface area contributed by atoms with E-state index < -0.39 is 0 Å². The SMILES string of the molecule is CC(C)CNC(=O)C(C)NCC1CCNCC1. The number of hydrogen-bond acceptors (Lipinski definition) is 3. The summed E-state index contributed by atoms with van der Waals surface area (Å²) in [5.41, 5.74) is 0. The van der Waals surface area contributed by atoms with Crippen LogP contribution in [0.4, 0.5) is 0 Å². The molecule has 0 saturated carbocycles. The fourth-order valence-corrected chi connectivity index (χ4v) is 1.98. The highest BCUT2D eigenvalue weighted by Crippen LogP contribution is 2.09. The lowest BCUT2D eigenvalue weighted by molar-refractivity contribution is -0.122. The van der Waals surface area contributed by atoms with E-state index in [4.69, 9.17) is 0 Å². The monoisotopic (exact) mass is 241 g/mol. The predicted molar refractivity (Wildman–Crippen MR) is 70.9 cm³/mol. The molecule has 4 heteroatoms. The van der Waals surface area contributed by atoms with E-state index in [1.165, 1.54) is 12.8 Å². The van der Waals surface area contributed by atoms with Crippen LogP contribution >= 0.6 is 0 Å². The highest BCUT2D eigenvalue weighted by molar-refractivity contribution is 5.81. The van der Waals surface area contributed by atoms with Crippen LogP contribution in [0, 0.1) is 11.8 Å². The zero-order chi connectivity index (χ0) is 12.7. The number of hydrogen-bond donors (Lipinski definition) is 3. The molecule has 3 N–H and O–H groups in total. The molecule has 4 nitrogen and oxygen atoms in total. The van der Waals surface area contributed by atoms with Crippen LogP contribution in [-0.4, -0.2) is 38.1 Å². The Morgan fingerprint density at radius 2 is 1.94 bits per heavy atom. The summed E-state index contributed by atoms with van der Waals surface area (Å²) in [6, 6.07) is -0.0800. The minimum absolute atomic E-state index is 0.0800. The van der Waals surface area contributed by atoms with E-state index in [1.54, 1.807) is 0 Å². The van der Waals surface area contributed by atoms with Gasteiger partial charge in [0, 0.05) is 6.54 Å². The van der Waals surface area contributed by atoms with E-state index in [1.807, 2.05) is 6.92 Å². The highest BCUT2D eigenvalue weighted by atomic mass is 16.2. The minimum Gasteiger partial charge on any atom is -0.354 e. The number of amides is 1. The second kappa shape index (κ2) is 7.67. The van der Waals surface area contributed by atoms with E-state index in [2.05, 4.69) is 29.8 Å². The van der Waals surface area contributed by atoms with E-state index in [0.717, 1.165) is 32.1 Å². The van der Waals surface area contributed by atoms with Gasteiger partial charge in [-0.3, -0.25) is 4.79 Å². The lowest BCUT2D eigenvalue weighted by Crippen LogP contribution is -2.45. The third-order valence-corrected chi connectivity index (χ3v) is 3.25. The fourth-order valence-electron chi connectivity index (χ4n) is 1.98. The van der Waals surface area contributed by atoms with Crippen molar-refractivity contribution in [2.45, 2.75) is 39.7 Å². The van der Waals surface area contributed by atoms with Crippen LogP contribution in [0.2, 0.25) is 0 Å². The van der Waals surface area contributed by atoms with Gasteiger partial charge >= 0.3 is 0 Å². The van der Waals surface area contributed by atoms with Gasteiger partial charge in [0.25, 0.3) is 0 Å². The normalized spacial score (nSPS) is 19.3. The van der Waals surface area contributed by atoms with Crippen molar-refractivity contribution in [1.29, 1.82) is 0 Å². The number of piperidine rings is 1. The average molecular weight is 241 g/mol. The number of carbonyl (C=O) groups is 1. The average Bonchev–Trinajstić information content (AvgIpc) is 2.34. The standard InChI is InChI=1S/C13H27N3O/c1-10(2)8-16-13(17)11(3)15-9-12-4-6-14-7-5-12/h10-12,14-15H,4-9H2,1-3H3,(H,16,17). The Morgan fingerprint density at radius 1 is 1.29 bits per heavy atom. The van der Waals surface area contributed by atoms with Crippen molar-refractivity contribution in [2.24, 2.45) is 11.8 Å². The molecule has 1 heterocycles. The van der Waals surface area contributed by atoms with Gasteiger partial charge in [0.05, 0.1) is 6.04 Å². The Hall–Kier alpha value is -0.610. The molecule has 100 valence electrons. The van der Waals surface area contributed by atoms with Gasteiger partial charge in [0.1, 0.15) is 0 Å². The summed E-state index contributed by atoms with van der Waals surface area (Å²) < 4.78 is 0. The van der Waals surface area contributed by atoms with E-state index in [0.29, 0.717) is 5.92 Å². The third-order valence-electron chi connectivity index (χ3n) is 3.25. The van der Waals surface area contributed by atoms with Crippen molar-refractivity contribution in [3.8, 4) is 0 Å². The first-order valence-electron chi connectivity index (χ1n) is 6.81. The maximum absolute atomic E-state index is 11.7. The summed E-state index contributed by atoms with van der Waals surface area (Å²) in [4.78, 5) is 11.7. The Bertz CT molecular complexity index is 225. The Balaban J connectivity index is 2.14. The number of nitrogens with one attached hydrogen (secondary N) is 3. The molecule has 1 aliphatic heterocycles. The van der Waals surface area contributed by atoms with Crippen LogP contribution in [0.3, 0.4) is 0 Å². The van der Waals surface area contributed by atoms with Gasteiger partial charge in [-0.15, -0.1) is 0 Å². The van der Waals surface area contributed by atoms with Gasteiger partial charge in [0.15, 0.2) is 0 Å². The smallest absolute Gasteiger partial charge is 0.236 e. The molecule has 1 saturated heterocycles. The maximum Gasteiger partial charge on any atom is 0.236 e. The molecule has 17 heavy (non-hydrogen) atoms. The van der Waals surface area contributed by atoms with Crippen molar-refractivity contribution in [3.63, 3.8) is 0 Å². The first-order valence-corrected chi connectivity index (χ1v) is 6.81. The van der Waals surface area contributed by atoms with Crippen molar-refractivity contribution in [2.75, 3.05) is 26.2 Å². The van der Waals surface area contributed by atoms with E-state index in [9.17, 15) is 4.79 Å². The zero-order valence-corrected chi connectivity index (χ0v) is 11.4. The van der Waals surface area contributed by atoms with Gasteiger partial charge in [-0.2, -0.15) is 0 Å². The molecule has 0 aromatic rings. The van der Waals surface area contributed by atoms with Gasteiger partial charge < -0.3 is 16.0 Å². The fraction of sp³-hybridized carbons (Fsp3) is 0.923. The zero-order valence-electron chi connectivity index (χ0n) is 11.4. The maximum atomic E-state index is 11.7. The first kappa shape index (κ1) is 14.5. The van der Waals surface area contributed by atoms with E-state index in [-0.39, 0.29) is 11.9 Å². The van der Waals surface area contributed by atoms with Crippen LogP contribution in [0.15, 0.2) is 0 Å². The summed E-state index contributed by atoms with van der Waals surface area (Å²) >= 11 is 0. The van der Waals surface area contributed by atoms with Crippen LogP contribution in [0.25, 0.3) is 0 Å². The first-order chi connectivity index (χ1) is 8.09. The molecule has 1 atom stereocenters. The topological polar surface area (TPSA) is 53.2 Å². The summed E-state index contributed by atoms with van der Waals surface area (Å²) in [7, 11) is 0. The molecule has 1 amide bonds. The van der Waals surface area contributed by atoms with Crippen LogP contribution in [0.5, 0.6) is 0 Å². The van der Waals surface area contributed by atoms with Gasteiger partial charge in [0.2, 0.25) is 5.91 Å². The Labute approximate surface area is 105 Å². The molecule has 1 fully saturated rings. The van der Waals surface area contributed by atoms with Crippen LogP contribution in [0.1, 0.15) is 33.6 Å². The molecule has 0 bridgehead atoms. The molecule has 0 aliphatic carbocycles. The Kier molecular flexibility index (Phi) is 6.52.